The normalized spacial score (nSPS) is 14.7. The van der Waals surface area contributed by atoms with Crippen LogP contribution >= 0.6 is 11.3 Å². The average Bonchev–Trinajstić information content (AvgIpc) is 3.24. The molecule has 0 aliphatic carbocycles. The molecule has 3 rings (SSSR count). The Balaban J connectivity index is 1.51. The van der Waals surface area contributed by atoms with Gasteiger partial charge in [-0.05, 0) is 44.0 Å². The van der Waals surface area contributed by atoms with Crippen molar-refractivity contribution in [2.45, 2.75) is 36.8 Å². The molecule has 0 spiro atoms. The number of hydrogen-bond donors (Lipinski definition) is 1. The van der Waals surface area contributed by atoms with Crippen LogP contribution in [0.1, 0.15) is 31.1 Å². The number of piperidine rings is 1. The van der Waals surface area contributed by atoms with E-state index >= 15 is 0 Å². The van der Waals surface area contributed by atoms with E-state index in [1.807, 2.05) is 6.92 Å². The van der Waals surface area contributed by atoms with E-state index in [4.69, 9.17) is 9.47 Å². The Kier molecular flexibility index (Phi) is 8.05. The van der Waals surface area contributed by atoms with Gasteiger partial charge in [-0.25, -0.2) is 8.42 Å². The Morgan fingerprint density at radius 3 is 2.58 bits per heavy atom. The van der Waals surface area contributed by atoms with Crippen LogP contribution in [0.15, 0.2) is 40.6 Å². The van der Waals surface area contributed by atoms with Crippen molar-refractivity contribution >= 4 is 38.9 Å². The zero-order chi connectivity index (χ0) is 22.3. The molecule has 10 heteroatoms. The number of nitrogens with one attached hydrogen (secondary N) is 1. The molecule has 1 fully saturated rings. The minimum Gasteiger partial charge on any atom is -0.492 e. The number of anilines is 1. The third kappa shape index (κ3) is 6.28. The Hall–Kier alpha value is -2.43. The monoisotopic (exact) mass is 466 g/mol. The number of sulfonamides is 1. The number of thiophene rings is 1. The van der Waals surface area contributed by atoms with E-state index in [0.717, 1.165) is 30.6 Å². The lowest BCUT2D eigenvalue weighted by Crippen LogP contribution is -2.35. The summed E-state index contributed by atoms with van der Waals surface area (Å²) in [4.78, 5) is 24.8. The molecule has 1 aromatic carbocycles. The predicted octanol–water partition coefficient (Wildman–Crippen LogP) is 3.05. The van der Waals surface area contributed by atoms with Crippen molar-refractivity contribution in [2.24, 2.45) is 0 Å². The number of para-hydroxylation sites is 2. The van der Waals surface area contributed by atoms with Gasteiger partial charge in [0.15, 0.2) is 6.61 Å². The molecular weight excluding hydrogens is 440 g/mol. The smallest absolute Gasteiger partial charge is 0.311 e. The van der Waals surface area contributed by atoms with E-state index in [2.05, 4.69) is 5.32 Å². The Morgan fingerprint density at radius 1 is 1.10 bits per heavy atom. The predicted molar refractivity (Wildman–Crippen MR) is 118 cm³/mol. The zero-order valence-corrected chi connectivity index (χ0v) is 19.0. The van der Waals surface area contributed by atoms with Gasteiger partial charge < -0.3 is 14.8 Å². The molecule has 0 radical (unpaired) electrons. The van der Waals surface area contributed by atoms with Gasteiger partial charge in [0.25, 0.3) is 15.9 Å². The quantitative estimate of drug-likeness (QED) is 0.570. The fourth-order valence-electron chi connectivity index (χ4n) is 3.20. The molecule has 168 valence electrons. The summed E-state index contributed by atoms with van der Waals surface area (Å²) >= 11 is 1.06. The third-order valence-corrected chi connectivity index (χ3v) is 8.14. The van der Waals surface area contributed by atoms with Crippen LogP contribution < -0.4 is 10.1 Å². The second-order valence-electron chi connectivity index (χ2n) is 7.00. The number of amides is 1. The van der Waals surface area contributed by atoms with E-state index in [-0.39, 0.29) is 10.6 Å². The maximum Gasteiger partial charge on any atom is 0.311 e. The summed E-state index contributed by atoms with van der Waals surface area (Å²) in [5.41, 5.74) is 0.496. The standard InChI is InChI=1S/C21H26N2O6S2/c1-2-28-18-9-5-4-8-17(18)22-19(24)15-29-20(25)14-16-10-11-21(30-16)31(26,27)23-12-6-3-7-13-23/h4-5,8-11H,2-3,6-7,12-15H2,1H3,(H,22,24). The summed E-state index contributed by atoms with van der Waals surface area (Å²) < 4.78 is 37.6. The number of hydrogen-bond acceptors (Lipinski definition) is 7. The first-order chi connectivity index (χ1) is 14.9. The number of ether oxygens (including phenoxy) is 2. The topological polar surface area (TPSA) is 102 Å². The molecule has 0 saturated carbocycles. The molecule has 1 N–H and O–H groups in total. The molecular formula is C21H26N2O6S2. The molecule has 1 saturated heterocycles. The number of rotatable bonds is 9. The number of nitrogens with zero attached hydrogens (tertiary/aromatic N) is 1. The van der Waals surface area contributed by atoms with Crippen LogP contribution in [0.4, 0.5) is 5.69 Å². The highest BCUT2D eigenvalue weighted by atomic mass is 32.2. The van der Waals surface area contributed by atoms with Crippen molar-refractivity contribution < 1.29 is 27.5 Å². The van der Waals surface area contributed by atoms with Crippen LogP contribution in [0.25, 0.3) is 0 Å². The molecule has 1 amide bonds. The van der Waals surface area contributed by atoms with Crippen molar-refractivity contribution in [1.82, 2.24) is 4.31 Å². The van der Waals surface area contributed by atoms with Crippen molar-refractivity contribution in [1.29, 1.82) is 0 Å². The number of carbonyl (C=O) groups excluding carboxylic acids is 2. The minimum atomic E-state index is -3.52. The molecule has 1 aliphatic rings. The summed E-state index contributed by atoms with van der Waals surface area (Å²) in [5.74, 6) is -0.553. The van der Waals surface area contributed by atoms with Crippen molar-refractivity contribution in [3.05, 3.63) is 41.3 Å². The van der Waals surface area contributed by atoms with Gasteiger partial charge >= 0.3 is 5.97 Å². The van der Waals surface area contributed by atoms with Crippen molar-refractivity contribution in [3.63, 3.8) is 0 Å². The second-order valence-corrected chi connectivity index (χ2v) is 10.3. The van der Waals surface area contributed by atoms with Crippen LogP contribution in [-0.2, 0) is 30.8 Å². The second kappa shape index (κ2) is 10.7. The highest BCUT2D eigenvalue weighted by Crippen LogP contribution is 2.27. The highest BCUT2D eigenvalue weighted by molar-refractivity contribution is 7.91. The molecule has 31 heavy (non-hydrogen) atoms. The molecule has 0 atom stereocenters. The number of esters is 1. The third-order valence-electron chi connectivity index (χ3n) is 4.69. The molecule has 2 aromatic rings. The van der Waals surface area contributed by atoms with Crippen LogP contribution in [0.3, 0.4) is 0 Å². The summed E-state index contributed by atoms with van der Waals surface area (Å²) in [6, 6.07) is 10.1. The lowest BCUT2D eigenvalue weighted by Gasteiger charge is -2.25. The summed E-state index contributed by atoms with van der Waals surface area (Å²) in [5, 5.41) is 2.65. The van der Waals surface area contributed by atoms with E-state index in [1.54, 1.807) is 30.3 Å². The molecule has 2 heterocycles. The van der Waals surface area contributed by atoms with Gasteiger partial charge in [0.1, 0.15) is 9.96 Å². The zero-order valence-electron chi connectivity index (χ0n) is 17.3. The van der Waals surface area contributed by atoms with Crippen molar-refractivity contribution in [2.75, 3.05) is 31.6 Å². The van der Waals surface area contributed by atoms with Crippen LogP contribution in [0.5, 0.6) is 5.75 Å². The Morgan fingerprint density at radius 2 is 1.84 bits per heavy atom. The first-order valence-corrected chi connectivity index (χ1v) is 12.4. The van der Waals surface area contributed by atoms with Gasteiger partial charge in [0.05, 0.1) is 18.7 Å². The lowest BCUT2D eigenvalue weighted by molar-refractivity contribution is -0.146. The molecule has 0 bridgehead atoms. The van der Waals surface area contributed by atoms with E-state index in [1.165, 1.54) is 10.4 Å². The SMILES string of the molecule is CCOc1ccccc1NC(=O)COC(=O)Cc1ccc(S(=O)(=O)N2CCCCC2)s1. The van der Waals surface area contributed by atoms with Crippen molar-refractivity contribution in [3.8, 4) is 5.75 Å². The Labute approximate surface area is 186 Å². The summed E-state index contributed by atoms with van der Waals surface area (Å²) in [7, 11) is -3.52. The molecule has 0 unspecified atom stereocenters. The first kappa shape index (κ1) is 23.2. The Bertz CT molecular complexity index is 1010. The summed E-state index contributed by atoms with van der Waals surface area (Å²) in [6.45, 7) is 2.91. The van der Waals surface area contributed by atoms with E-state index in [9.17, 15) is 18.0 Å². The highest BCUT2D eigenvalue weighted by Gasteiger charge is 2.27. The summed E-state index contributed by atoms with van der Waals surface area (Å²) in [6.07, 6.45) is 2.67. The minimum absolute atomic E-state index is 0.0942. The van der Waals surface area contributed by atoms with E-state index in [0.29, 0.717) is 36.0 Å². The van der Waals surface area contributed by atoms with Crippen LogP contribution in [0.2, 0.25) is 0 Å². The molecule has 8 nitrogen and oxygen atoms in total. The number of benzene rings is 1. The van der Waals surface area contributed by atoms with Gasteiger partial charge in [0, 0.05) is 18.0 Å². The van der Waals surface area contributed by atoms with Crippen LogP contribution in [0, 0.1) is 0 Å². The van der Waals surface area contributed by atoms with Gasteiger partial charge in [0.2, 0.25) is 0 Å². The van der Waals surface area contributed by atoms with Gasteiger partial charge in [-0.1, -0.05) is 18.6 Å². The van der Waals surface area contributed by atoms with Gasteiger partial charge in [-0.3, -0.25) is 9.59 Å². The molecule has 1 aromatic heterocycles. The number of carbonyl (C=O) groups is 2. The lowest BCUT2D eigenvalue weighted by atomic mass is 10.2. The van der Waals surface area contributed by atoms with Gasteiger partial charge in [-0.2, -0.15) is 4.31 Å². The largest absolute Gasteiger partial charge is 0.492 e. The maximum absolute atomic E-state index is 12.7. The maximum atomic E-state index is 12.7. The van der Waals surface area contributed by atoms with Crippen LogP contribution in [-0.4, -0.2) is 50.9 Å². The first-order valence-electron chi connectivity index (χ1n) is 10.2. The fourth-order valence-corrected chi connectivity index (χ4v) is 6.21. The fraction of sp³-hybridized carbons (Fsp3) is 0.429. The molecule has 1 aliphatic heterocycles. The van der Waals surface area contributed by atoms with Gasteiger partial charge in [-0.15, -0.1) is 11.3 Å². The van der Waals surface area contributed by atoms with E-state index < -0.39 is 28.5 Å². The average molecular weight is 467 g/mol.